The zero-order chi connectivity index (χ0) is 17.2. The Morgan fingerprint density at radius 2 is 2.25 bits per heavy atom. The van der Waals surface area contributed by atoms with Crippen LogP contribution in [0.2, 0.25) is 0 Å². The van der Waals surface area contributed by atoms with Crippen LogP contribution in [0.4, 0.5) is 4.79 Å². The van der Waals surface area contributed by atoms with Gasteiger partial charge in [-0.2, -0.15) is 0 Å². The number of hydrogen-bond donors (Lipinski definition) is 3. The fraction of sp³-hybridized carbons (Fsp3) is 0.471. The molecule has 0 bridgehead atoms. The van der Waals surface area contributed by atoms with E-state index in [1.165, 1.54) is 0 Å². The third-order valence-electron chi connectivity index (χ3n) is 4.79. The molecule has 1 aromatic rings. The minimum atomic E-state index is -1.07. The van der Waals surface area contributed by atoms with Gasteiger partial charge in [-0.15, -0.1) is 0 Å². The lowest BCUT2D eigenvalue weighted by Crippen LogP contribution is -2.54. The first-order chi connectivity index (χ1) is 11.5. The van der Waals surface area contributed by atoms with E-state index < -0.39 is 23.4 Å². The molecular formula is C17H21N3O4. The van der Waals surface area contributed by atoms with Crippen molar-refractivity contribution in [1.29, 1.82) is 0 Å². The van der Waals surface area contributed by atoms with Crippen molar-refractivity contribution in [2.45, 2.75) is 31.2 Å². The molecule has 1 saturated carbocycles. The number of imide groups is 1. The van der Waals surface area contributed by atoms with E-state index in [0.717, 1.165) is 17.7 Å². The van der Waals surface area contributed by atoms with Gasteiger partial charge in [0.2, 0.25) is 5.91 Å². The average Bonchev–Trinajstić information content (AvgIpc) is 3.11. The van der Waals surface area contributed by atoms with Gasteiger partial charge >= 0.3 is 6.03 Å². The highest BCUT2D eigenvalue weighted by molar-refractivity contribution is 6.09. The molecular weight excluding hydrogens is 310 g/mol. The molecule has 1 spiro atoms. The Bertz CT molecular complexity index is 676. The van der Waals surface area contributed by atoms with E-state index in [-0.39, 0.29) is 5.91 Å². The van der Waals surface area contributed by atoms with Gasteiger partial charge in [0, 0.05) is 6.54 Å². The lowest BCUT2D eigenvalue weighted by molar-refractivity contribution is -0.133. The molecule has 2 fully saturated rings. The number of benzene rings is 1. The highest BCUT2D eigenvalue weighted by atomic mass is 16.5. The Morgan fingerprint density at radius 1 is 1.42 bits per heavy atom. The molecule has 1 aliphatic carbocycles. The zero-order valence-corrected chi connectivity index (χ0v) is 13.6. The summed E-state index contributed by atoms with van der Waals surface area (Å²) in [7, 11) is 1.61. The largest absolute Gasteiger partial charge is 0.497 e. The van der Waals surface area contributed by atoms with Crippen molar-refractivity contribution in [2.75, 3.05) is 13.7 Å². The van der Waals surface area contributed by atoms with Gasteiger partial charge in [-0.3, -0.25) is 14.9 Å². The molecule has 4 amide bonds. The van der Waals surface area contributed by atoms with Crippen LogP contribution in [-0.4, -0.2) is 37.0 Å². The van der Waals surface area contributed by atoms with Crippen molar-refractivity contribution >= 4 is 17.8 Å². The van der Waals surface area contributed by atoms with Crippen LogP contribution in [0, 0.1) is 5.92 Å². The van der Waals surface area contributed by atoms with Crippen LogP contribution < -0.4 is 20.7 Å². The third-order valence-corrected chi connectivity index (χ3v) is 4.79. The quantitative estimate of drug-likeness (QED) is 0.693. The molecule has 1 aromatic carbocycles. The summed E-state index contributed by atoms with van der Waals surface area (Å²) < 4.78 is 5.18. The second kappa shape index (κ2) is 6.51. The van der Waals surface area contributed by atoms with Crippen molar-refractivity contribution in [2.24, 2.45) is 5.92 Å². The predicted octanol–water partition coefficient (Wildman–Crippen LogP) is 0.732. The van der Waals surface area contributed by atoms with Crippen molar-refractivity contribution in [3.8, 4) is 5.75 Å². The highest BCUT2D eigenvalue weighted by Crippen LogP contribution is 2.38. The molecule has 2 atom stereocenters. The summed E-state index contributed by atoms with van der Waals surface area (Å²) >= 11 is 0. The fourth-order valence-electron chi connectivity index (χ4n) is 3.57. The number of carbonyl (C=O) groups is 3. The summed E-state index contributed by atoms with van der Waals surface area (Å²) in [6.45, 7) is 0.466. The molecule has 3 N–H and O–H groups in total. The minimum Gasteiger partial charge on any atom is -0.497 e. The van der Waals surface area contributed by atoms with E-state index in [2.05, 4.69) is 16.0 Å². The SMILES string of the molecule is COc1cccc(CCNC(=O)C2CCCC23NC(=O)NC3=O)c1. The molecule has 7 nitrogen and oxygen atoms in total. The maximum Gasteiger partial charge on any atom is 0.322 e. The summed E-state index contributed by atoms with van der Waals surface area (Å²) in [6.07, 6.45) is 2.50. The number of nitrogens with one attached hydrogen (secondary N) is 3. The number of hydrogen-bond acceptors (Lipinski definition) is 4. The van der Waals surface area contributed by atoms with Gasteiger partial charge in [-0.1, -0.05) is 12.1 Å². The van der Waals surface area contributed by atoms with Gasteiger partial charge < -0.3 is 15.4 Å². The molecule has 7 heteroatoms. The van der Waals surface area contributed by atoms with Gasteiger partial charge in [-0.05, 0) is 43.4 Å². The summed E-state index contributed by atoms with van der Waals surface area (Å²) in [5.41, 5.74) is -0.0142. The van der Waals surface area contributed by atoms with E-state index in [0.29, 0.717) is 25.8 Å². The lowest BCUT2D eigenvalue weighted by atomic mass is 9.86. The molecule has 1 heterocycles. The smallest absolute Gasteiger partial charge is 0.322 e. The second-order valence-electron chi connectivity index (χ2n) is 6.22. The second-order valence-corrected chi connectivity index (χ2v) is 6.22. The van der Waals surface area contributed by atoms with Gasteiger partial charge in [0.25, 0.3) is 5.91 Å². The Kier molecular flexibility index (Phi) is 4.42. The monoisotopic (exact) mass is 331 g/mol. The van der Waals surface area contributed by atoms with Crippen molar-refractivity contribution in [3.05, 3.63) is 29.8 Å². The van der Waals surface area contributed by atoms with Gasteiger partial charge in [-0.25, -0.2) is 4.79 Å². The first-order valence-corrected chi connectivity index (χ1v) is 8.09. The Balaban J connectivity index is 1.58. The molecule has 128 valence electrons. The summed E-state index contributed by atoms with van der Waals surface area (Å²) in [5.74, 6) is -0.320. The van der Waals surface area contributed by atoms with Crippen molar-refractivity contribution < 1.29 is 19.1 Å². The van der Waals surface area contributed by atoms with Crippen LogP contribution >= 0.6 is 0 Å². The first-order valence-electron chi connectivity index (χ1n) is 8.09. The van der Waals surface area contributed by atoms with Gasteiger partial charge in [0.15, 0.2) is 0 Å². The van der Waals surface area contributed by atoms with E-state index in [4.69, 9.17) is 4.74 Å². The Morgan fingerprint density at radius 3 is 2.96 bits per heavy atom. The molecule has 24 heavy (non-hydrogen) atoms. The average molecular weight is 331 g/mol. The van der Waals surface area contributed by atoms with Gasteiger partial charge in [0.1, 0.15) is 11.3 Å². The topological polar surface area (TPSA) is 96.5 Å². The summed E-state index contributed by atoms with van der Waals surface area (Å²) in [6, 6.07) is 7.15. The van der Waals surface area contributed by atoms with E-state index in [9.17, 15) is 14.4 Å². The van der Waals surface area contributed by atoms with Crippen LogP contribution in [0.25, 0.3) is 0 Å². The number of ether oxygens (including phenoxy) is 1. The number of methoxy groups -OCH3 is 1. The molecule has 2 unspecified atom stereocenters. The van der Waals surface area contributed by atoms with Crippen LogP contribution in [0.5, 0.6) is 5.75 Å². The number of rotatable bonds is 5. The van der Waals surface area contributed by atoms with E-state index in [1.54, 1.807) is 7.11 Å². The number of amides is 4. The molecule has 3 rings (SSSR count). The van der Waals surface area contributed by atoms with Crippen molar-refractivity contribution in [1.82, 2.24) is 16.0 Å². The van der Waals surface area contributed by atoms with E-state index >= 15 is 0 Å². The van der Waals surface area contributed by atoms with Crippen LogP contribution in [0.3, 0.4) is 0 Å². The molecule has 0 radical (unpaired) electrons. The Hall–Kier alpha value is -2.57. The zero-order valence-electron chi connectivity index (χ0n) is 13.6. The fourth-order valence-corrected chi connectivity index (χ4v) is 3.57. The molecule has 2 aliphatic rings. The van der Waals surface area contributed by atoms with E-state index in [1.807, 2.05) is 24.3 Å². The molecule has 1 aliphatic heterocycles. The van der Waals surface area contributed by atoms with Gasteiger partial charge in [0.05, 0.1) is 13.0 Å². The Labute approximate surface area is 140 Å². The standard InChI is InChI=1S/C17H21N3O4/c1-24-12-5-2-4-11(10-12)7-9-18-14(21)13-6-3-8-17(13)15(22)19-16(23)20-17/h2,4-5,10,13H,3,6-9H2,1H3,(H,18,21)(H2,19,20,22,23). The molecule has 0 aromatic heterocycles. The summed E-state index contributed by atoms with van der Waals surface area (Å²) in [5, 5.41) is 7.79. The minimum absolute atomic E-state index is 0.187. The maximum absolute atomic E-state index is 12.5. The summed E-state index contributed by atoms with van der Waals surface area (Å²) in [4.78, 5) is 36.1. The molecule has 1 saturated heterocycles. The lowest BCUT2D eigenvalue weighted by Gasteiger charge is -2.27. The number of urea groups is 1. The third kappa shape index (κ3) is 2.93. The van der Waals surface area contributed by atoms with Crippen LogP contribution in [0.15, 0.2) is 24.3 Å². The normalized spacial score (nSPS) is 25.5. The first kappa shape index (κ1) is 16.3. The highest BCUT2D eigenvalue weighted by Gasteiger charge is 2.56. The predicted molar refractivity (Wildman–Crippen MR) is 86.5 cm³/mol. The van der Waals surface area contributed by atoms with Crippen LogP contribution in [-0.2, 0) is 16.0 Å². The van der Waals surface area contributed by atoms with Crippen LogP contribution in [0.1, 0.15) is 24.8 Å². The number of carbonyl (C=O) groups excluding carboxylic acids is 3. The van der Waals surface area contributed by atoms with Crippen molar-refractivity contribution in [3.63, 3.8) is 0 Å². The maximum atomic E-state index is 12.5.